The van der Waals surface area contributed by atoms with Gasteiger partial charge in [-0.25, -0.2) is 0 Å². The van der Waals surface area contributed by atoms with E-state index in [4.69, 9.17) is 9.47 Å². The molecule has 31 heavy (non-hydrogen) atoms. The van der Waals surface area contributed by atoms with Crippen LogP contribution < -0.4 is 4.74 Å². The van der Waals surface area contributed by atoms with Crippen molar-refractivity contribution in [3.8, 4) is 11.5 Å². The Kier molecular flexibility index (Phi) is 30.7. The second-order valence-electron chi connectivity index (χ2n) is 7.70. The number of hydrogen-bond acceptors (Lipinski definition) is 3. The van der Waals surface area contributed by atoms with Crippen LogP contribution in [0.2, 0.25) is 0 Å². The number of phenols is 1. The SMILES string of the molecule is C.CCC.CCCCBr.CCCCCCC(COc1ccc(C)c(O)c1)OCCCC. The molecule has 1 aromatic rings. The van der Waals surface area contributed by atoms with Gasteiger partial charge in [0.05, 0.1) is 6.10 Å². The van der Waals surface area contributed by atoms with Crippen LogP contribution in [0.1, 0.15) is 112 Å². The van der Waals surface area contributed by atoms with Crippen molar-refractivity contribution in [1.82, 2.24) is 0 Å². The Balaban J connectivity index is -0.000000748. The summed E-state index contributed by atoms with van der Waals surface area (Å²) in [6, 6.07) is 5.45. The lowest BCUT2D eigenvalue weighted by molar-refractivity contribution is 0.0123. The predicted octanol–water partition coefficient (Wildman–Crippen LogP) is 9.47. The number of rotatable bonds is 14. The molecule has 3 nitrogen and oxygen atoms in total. The number of unbranched alkanes of at least 4 members (excludes halogenated alkanes) is 5. The molecule has 0 aliphatic carbocycles. The predicted molar refractivity (Wildman–Crippen MR) is 143 cm³/mol. The molecular weight excluding hydrogens is 452 g/mol. The summed E-state index contributed by atoms with van der Waals surface area (Å²) < 4.78 is 11.8. The normalized spacial score (nSPS) is 10.7. The smallest absolute Gasteiger partial charge is 0.123 e. The summed E-state index contributed by atoms with van der Waals surface area (Å²) in [5.74, 6) is 0.990. The number of alkyl halides is 1. The zero-order valence-corrected chi connectivity index (χ0v) is 22.2. The number of aryl methyl sites for hydroxylation is 1. The standard InChI is InChI=1S/C19H32O3.C4H9Br.C3H8.CH4/c1-4-6-8-9-10-18(21-13-7-5-2)15-22-17-12-11-16(3)19(20)14-17;1-2-3-4-5;1-3-2;/h11-12,14,18,20H,4-10,13,15H2,1-3H3;2-4H2,1H3;3H2,1-2H3;1H4. The van der Waals surface area contributed by atoms with Crippen LogP contribution >= 0.6 is 15.9 Å². The molecule has 1 unspecified atom stereocenters. The van der Waals surface area contributed by atoms with Gasteiger partial charge in [-0.3, -0.25) is 0 Å². The molecule has 4 heteroatoms. The molecule has 0 heterocycles. The van der Waals surface area contributed by atoms with Crippen LogP contribution in [-0.2, 0) is 4.74 Å². The third kappa shape index (κ3) is 23.7. The lowest BCUT2D eigenvalue weighted by Crippen LogP contribution is -2.22. The number of hydrogen-bond donors (Lipinski definition) is 1. The molecule has 0 aromatic heterocycles. The molecule has 0 radical (unpaired) electrons. The number of halogens is 1. The molecular formula is C27H53BrO3. The first kappa shape index (κ1) is 34.9. The van der Waals surface area contributed by atoms with Gasteiger partial charge in [0.15, 0.2) is 0 Å². The maximum absolute atomic E-state index is 9.73. The van der Waals surface area contributed by atoms with Gasteiger partial charge in [-0.1, -0.05) is 109 Å². The monoisotopic (exact) mass is 504 g/mol. The van der Waals surface area contributed by atoms with Crippen LogP contribution in [0.25, 0.3) is 0 Å². The second kappa shape index (κ2) is 27.3. The Hall–Kier alpha value is -0.740. The summed E-state index contributed by atoms with van der Waals surface area (Å²) in [7, 11) is 0. The Bertz CT molecular complexity index is 464. The molecule has 0 aliphatic heterocycles. The van der Waals surface area contributed by atoms with E-state index in [2.05, 4.69) is 50.5 Å². The van der Waals surface area contributed by atoms with Crippen molar-refractivity contribution in [2.24, 2.45) is 0 Å². The van der Waals surface area contributed by atoms with Gasteiger partial charge in [-0.2, -0.15) is 0 Å². The Morgan fingerprint density at radius 2 is 1.52 bits per heavy atom. The highest BCUT2D eigenvalue weighted by molar-refractivity contribution is 9.09. The minimum Gasteiger partial charge on any atom is -0.508 e. The molecule has 0 saturated carbocycles. The fourth-order valence-corrected chi connectivity index (χ4v) is 2.97. The van der Waals surface area contributed by atoms with E-state index < -0.39 is 0 Å². The summed E-state index contributed by atoms with van der Waals surface area (Å²) in [4.78, 5) is 0. The minimum absolute atomic E-state index is 0. The molecule has 0 bridgehead atoms. The maximum atomic E-state index is 9.73. The van der Waals surface area contributed by atoms with Crippen LogP contribution in [0.15, 0.2) is 18.2 Å². The van der Waals surface area contributed by atoms with Gasteiger partial charge in [-0.15, -0.1) is 0 Å². The maximum Gasteiger partial charge on any atom is 0.123 e. The molecule has 0 spiro atoms. The van der Waals surface area contributed by atoms with Crippen molar-refractivity contribution in [2.75, 3.05) is 18.5 Å². The molecule has 1 N–H and O–H groups in total. The Morgan fingerprint density at radius 1 is 0.903 bits per heavy atom. The van der Waals surface area contributed by atoms with E-state index in [9.17, 15) is 5.11 Å². The van der Waals surface area contributed by atoms with Crippen molar-refractivity contribution in [1.29, 1.82) is 0 Å². The zero-order chi connectivity index (χ0) is 23.0. The van der Waals surface area contributed by atoms with Crippen molar-refractivity contribution in [3.05, 3.63) is 23.8 Å². The highest BCUT2D eigenvalue weighted by Gasteiger charge is 2.10. The van der Waals surface area contributed by atoms with Gasteiger partial charge < -0.3 is 14.6 Å². The Labute approximate surface area is 203 Å². The van der Waals surface area contributed by atoms with E-state index in [1.54, 1.807) is 6.07 Å². The van der Waals surface area contributed by atoms with Crippen LogP contribution in [0, 0.1) is 6.92 Å². The number of ether oxygens (including phenoxy) is 2. The third-order valence-corrected chi connectivity index (χ3v) is 4.90. The summed E-state index contributed by atoms with van der Waals surface area (Å²) in [6.07, 6.45) is 12.3. The van der Waals surface area contributed by atoms with Crippen molar-refractivity contribution in [3.63, 3.8) is 0 Å². The molecule has 1 aromatic carbocycles. The van der Waals surface area contributed by atoms with Gasteiger partial charge in [0, 0.05) is 18.0 Å². The molecule has 0 saturated heterocycles. The first-order valence-electron chi connectivity index (χ1n) is 12.1. The van der Waals surface area contributed by atoms with Crippen molar-refractivity contribution in [2.45, 2.75) is 119 Å². The fraction of sp³-hybridized carbons (Fsp3) is 0.778. The fourth-order valence-electron chi connectivity index (χ4n) is 2.41. The van der Waals surface area contributed by atoms with E-state index in [0.29, 0.717) is 12.4 Å². The summed E-state index contributed by atoms with van der Waals surface area (Å²) in [6.45, 7) is 14.1. The van der Waals surface area contributed by atoms with Gasteiger partial charge in [0.2, 0.25) is 0 Å². The molecule has 186 valence electrons. The average Bonchev–Trinajstić information content (AvgIpc) is 2.73. The summed E-state index contributed by atoms with van der Waals surface area (Å²) in [5.41, 5.74) is 0.864. The zero-order valence-electron chi connectivity index (χ0n) is 20.6. The van der Waals surface area contributed by atoms with Gasteiger partial charge >= 0.3 is 0 Å². The third-order valence-electron chi connectivity index (χ3n) is 4.33. The molecule has 1 rings (SSSR count). The lowest BCUT2D eigenvalue weighted by atomic mass is 10.1. The Morgan fingerprint density at radius 3 is 2.00 bits per heavy atom. The van der Waals surface area contributed by atoms with E-state index in [1.807, 2.05) is 19.1 Å². The van der Waals surface area contributed by atoms with Crippen LogP contribution in [-0.4, -0.2) is 29.8 Å². The number of phenolic OH excluding ortho intramolecular Hbond substituents is 1. The van der Waals surface area contributed by atoms with Crippen LogP contribution in [0.5, 0.6) is 11.5 Å². The van der Waals surface area contributed by atoms with Gasteiger partial charge in [-0.05, 0) is 37.8 Å². The number of aromatic hydroxyl groups is 1. The second-order valence-corrected chi connectivity index (χ2v) is 8.50. The van der Waals surface area contributed by atoms with E-state index >= 15 is 0 Å². The van der Waals surface area contributed by atoms with E-state index in [-0.39, 0.29) is 19.3 Å². The van der Waals surface area contributed by atoms with E-state index in [0.717, 1.165) is 36.8 Å². The van der Waals surface area contributed by atoms with E-state index in [1.165, 1.54) is 44.9 Å². The van der Waals surface area contributed by atoms with Crippen molar-refractivity contribution >= 4 is 15.9 Å². The van der Waals surface area contributed by atoms with Crippen LogP contribution in [0.3, 0.4) is 0 Å². The molecule has 1 atom stereocenters. The summed E-state index contributed by atoms with van der Waals surface area (Å²) in [5, 5.41) is 10.9. The first-order chi connectivity index (χ1) is 14.5. The van der Waals surface area contributed by atoms with Crippen LogP contribution in [0.4, 0.5) is 0 Å². The van der Waals surface area contributed by atoms with Crippen molar-refractivity contribution < 1.29 is 14.6 Å². The first-order valence-corrected chi connectivity index (χ1v) is 13.2. The molecule has 0 fully saturated rings. The van der Waals surface area contributed by atoms with Gasteiger partial charge in [0.1, 0.15) is 18.1 Å². The highest BCUT2D eigenvalue weighted by Crippen LogP contribution is 2.23. The quantitative estimate of drug-likeness (QED) is 0.202. The molecule has 0 amide bonds. The largest absolute Gasteiger partial charge is 0.508 e. The van der Waals surface area contributed by atoms with Gasteiger partial charge in [0.25, 0.3) is 0 Å². The number of benzene rings is 1. The molecule has 0 aliphatic rings. The summed E-state index contributed by atoms with van der Waals surface area (Å²) >= 11 is 3.31. The lowest BCUT2D eigenvalue weighted by Gasteiger charge is -2.19. The topological polar surface area (TPSA) is 38.7 Å². The minimum atomic E-state index is 0. The highest BCUT2D eigenvalue weighted by atomic mass is 79.9. The average molecular weight is 506 g/mol.